The normalized spacial score (nSPS) is 36.5. The smallest absolute Gasteiger partial charge is 0.00844 e. The molecular formula is C21H44N4. The summed E-state index contributed by atoms with van der Waals surface area (Å²) in [4.78, 5) is 0. The Morgan fingerprint density at radius 1 is 0.480 bits per heavy atom. The average Bonchev–Trinajstić information content (AvgIpc) is 2.55. The van der Waals surface area contributed by atoms with E-state index in [-0.39, 0.29) is 0 Å². The molecule has 4 N–H and O–H groups in total. The van der Waals surface area contributed by atoms with E-state index in [0.717, 1.165) is 38.0 Å². The van der Waals surface area contributed by atoms with Gasteiger partial charge in [0, 0.05) is 24.2 Å². The second-order valence-corrected chi connectivity index (χ2v) is 8.40. The van der Waals surface area contributed by atoms with E-state index in [9.17, 15) is 0 Å². The molecule has 4 atom stereocenters. The topological polar surface area (TPSA) is 48.1 Å². The fourth-order valence-corrected chi connectivity index (χ4v) is 5.55. The molecule has 148 valence electrons. The van der Waals surface area contributed by atoms with Crippen molar-refractivity contribution in [3.63, 3.8) is 0 Å². The first kappa shape index (κ1) is 21.1. The van der Waals surface area contributed by atoms with Crippen LogP contribution in [0.3, 0.4) is 0 Å². The zero-order valence-corrected chi connectivity index (χ0v) is 17.2. The van der Waals surface area contributed by atoms with E-state index >= 15 is 0 Å². The van der Waals surface area contributed by atoms with Crippen LogP contribution in [0.5, 0.6) is 0 Å². The molecule has 0 aromatic heterocycles. The Labute approximate surface area is 156 Å². The van der Waals surface area contributed by atoms with Crippen LogP contribution in [-0.2, 0) is 0 Å². The Balaban J connectivity index is 1.92. The minimum absolute atomic E-state index is 0.713. The summed E-state index contributed by atoms with van der Waals surface area (Å²) in [6.45, 7) is 13.4. The summed E-state index contributed by atoms with van der Waals surface area (Å²) in [5.41, 5.74) is 0. The first-order valence-corrected chi connectivity index (χ1v) is 11.1. The number of nitrogens with one attached hydrogen (secondary N) is 4. The van der Waals surface area contributed by atoms with Gasteiger partial charge in [-0.1, -0.05) is 27.7 Å². The number of hydrogen-bond acceptors (Lipinski definition) is 4. The summed E-state index contributed by atoms with van der Waals surface area (Å²) in [6.07, 6.45) is 9.56. The molecule has 0 radical (unpaired) electrons. The molecule has 0 aliphatic heterocycles. The standard InChI is InChI=1S/C21H44N4/c1-5-22-18-10-16(11-19(14-18)23-6-2)9-17-12-20(24-7-3)15-21(13-17)25-8-4/h16-25H,5-15H2,1-4H3. The molecule has 2 saturated carbocycles. The van der Waals surface area contributed by atoms with Gasteiger partial charge in [0.15, 0.2) is 0 Å². The minimum Gasteiger partial charge on any atom is -0.314 e. The minimum atomic E-state index is 0.713. The van der Waals surface area contributed by atoms with Crippen molar-refractivity contribution in [1.82, 2.24) is 21.3 Å². The lowest BCUT2D eigenvalue weighted by Crippen LogP contribution is -2.47. The van der Waals surface area contributed by atoms with Gasteiger partial charge in [0.05, 0.1) is 0 Å². The second-order valence-electron chi connectivity index (χ2n) is 8.40. The van der Waals surface area contributed by atoms with Gasteiger partial charge >= 0.3 is 0 Å². The quantitative estimate of drug-likeness (QED) is 0.488. The van der Waals surface area contributed by atoms with Crippen LogP contribution in [0.25, 0.3) is 0 Å². The van der Waals surface area contributed by atoms with Gasteiger partial charge < -0.3 is 21.3 Å². The van der Waals surface area contributed by atoms with Crippen LogP contribution in [0.2, 0.25) is 0 Å². The molecule has 0 saturated heterocycles. The lowest BCUT2D eigenvalue weighted by Gasteiger charge is -2.41. The van der Waals surface area contributed by atoms with E-state index in [0.29, 0.717) is 24.2 Å². The monoisotopic (exact) mass is 352 g/mol. The lowest BCUT2D eigenvalue weighted by atomic mass is 9.72. The molecule has 2 aliphatic rings. The van der Waals surface area contributed by atoms with Crippen molar-refractivity contribution >= 4 is 0 Å². The van der Waals surface area contributed by atoms with Gasteiger partial charge in [0.25, 0.3) is 0 Å². The summed E-state index contributed by atoms with van der Waals surface area (Å²) in [7, 11) is 0. The molecule has 0 heterocycles. The Bertz CT molecular complexity index is 289. The highest BCUT2D eigenvalue weighted by Gasteiger charge is 2.33. The van der Waals surface area contributed by atoms with Crippen molar-refractivity contribution in [2.75, 3.05) is 26.2 Å². The fourth-order valence-electron chi connectivity index (χ4n) is 5.55. The number of hydrogen-bond donors (Lipinski definition) is 4. The summed E-state index contributed by atoms with van der Waals surface area (Å²) < 4.78 is 0. The fraction of sp³-hybridized carbons (Fsp3) is 1.00. The average molecular weight is 353 g/mol. The molecule has 2 rings (SSSR count). The summed E-state index contributed by atoms with van der Waals surface area (Å²) in [6, 6.07) is 2.85. The summed E-state index contributed by atoms with van der Waals surface area (Å²) in [5, 5.41) is 14.9. The van der Waals surface area contributed by atoms with Crippen LogP contribution in [0, 0.1) is 11.8 Å². The molecule has 2 aliphatic carbocycles. The largest absolute Gasteiger partial charge is 0.314 e. The van der Waals surface area contributed by atoms with Crippen molar-refractivity contribution in [1.29, 1.82) is 0 Å². The molecule has 4 unspecified atom stereocenters. The van der Waals surface area contributed by atoms with Gasteiger partial charge in [-0.3, -0.25) is 0 Å². The third-order valence-corrected chi connectivity index (χ3v) is 6.25. The van der Waals surface area contributed by atoms with Crippen LogP contribution in [0.4, 0.5) is 0 Å². The first-order valence-electron chi connectivity index (χ1n) is 11.1. The Hall–Kier alpha value is -0.160. The van der Waals surface area contributed by atoms with E-state index in [2.05, 4.69) is 49.0 Å². The highest BCUT2D eigenvalue weighted by Crippen LogP contribution is 2.35. The van der Waals surface area contributed by atoms with E-state index < -0.39 is 0 Å². The van der Waals surface area contributed by atoms with E-state index in [1.165, 1.54) is 44.9 Å². The van der Waals surface area contributed by atoms with Gasteiger partial charge in [-0.15, -0.1) is 0 Å². The third-order valence-electron chi connectivity index (χ3n) is 6.25. The summed E-state index contributed by atoms with van der Waals surface area (Å²) >= 11 is 0. The molecule has 0 bridgehead atoms. The Kier molecular flexibility index (Phi) is 9.75. The molecule has 0 aromatic rings. The van der Waals surface area contributed by atoms with Crippen molar-refractivity contribution in [2.24, 2.45) is 11.8 Å². The Morgan fingerprint density at radius 3 is 1.00 bits per heavy atom. The molecule has 0 amide bonds. The first-order chi connectivity index (χ1) is 12.2. The highest BCUT2D eigenvalue weighted by atomic mass is 15.0. The molecular weight excluding hydrogens is 308 g/mol. The zero-order valence-electron chi connectivity index (χ0n) is 17.2. The van der Waals surface area contributed by atoms with E-state index in [1.54, 1.807) is 0 Å². The van der Waals surface area contributed by atoms with E-state index in [1.807, 2.05) is 0 Å². The van der Waals surface area contributed by atoms with Gasteiger partial charge in [-0.2, -0.15) is 0 Å². The number of rotatable bonds is 10. The molecule has 4 nitrogen and oxygen atoms in total. The lowest BCUT2D eigenvalue weighted by molar-refractivity contribution is 0.162. The van der Waals surface area contributed by atoms with Crippen LogP contribution >= 0.6 is 0 Å². The predicted molar refractivity (Wildman–Crippen MR) is 109 cm³/mol. The van der Waals surface area contributed by atoms with Crippen molar-refractivity contribution in [3.8, 4) is 0 Å². The summed E-state index contributed by atoms with van der Waals surface area (Å²) in [5.74, 6) is 1.77. The third kappa shape index (κ3) is 7.16. The van der Waals surface area contributed by atoms with Crippen LogP contribution in [0.15, 0.2) is 0 Å². The molecule has 0 aromatic carbocycles. The maximum Gasteiger partial charge on any atom is 0.00844 e. The molecule has 4 heteroatoms. The maximum absolute atomic E-state index is 3.73. The van der Waals surface area contributed by atoms with Gasteiger partial charge in [-0.25, -0.2) is 0 Å². The molecule has 2 fully saturated rings. The van der Waals surface area contributed by atoms with Crippen molar-refractivity contribution in [2.45, 2.75) is 96.8 Å². The highest BCUT2D eigenvalue weighted by molar-refractivity contribution is 4.91. The second kappa shape index (κ2) is 11.5. The van der Waals surface area contributed by atoms with Crippen LogP contribution in [0.1, 0.15) is 72.6 Å². The maximum atomic E-state index is 3.73. The van der Waals surface area contributed by atoms with Crippen LogP contribution in [-0.4, -0.2) is 50.3 Å². The zero-order chi connectivity index (χ0) is 18.1. The molecule has 25 heavy (non-hydrogen) atoms. The molecule has 0 spiro atoms. The Morgan fingerprint density at radius 2 is 0.760 bits per heavy atom. The van der Waals surface area contributed by atoms with E-state index in [4.69, 9.17) is 0 Å². The van der Waals surface area contributed by atoms with Gasteiger partial charge in [0.2, 0.25) is 0 Å². The van der Waals surface area contributed by atoms with Gasteiger partial charge in [-0.05, 0) is 83.0 Å². The SMILES string of the molecule is CCNC1CC(CC2CC(NCC)CC(NCC)C2)CC(NCC)C1. The van der Waals surface area contributed by atoms with Crippen molar-refractivity contribution < 1.29 is 0 Å². The van der Waals surface area contributed by atoms with Crippen molar-refractivity contribution in [3.05, 3.63) is 0 Å². The predicted octanol–water partition coefficient (Wildman–Crippen LogP) is 2.89. The van der Waals surface area contributed by atoms with Crippen LogP contribution < -0.4 is 21.3 Å². The van der Waals surface area contributed by atoms with Gasteiger partial charge in [0.1, 0.15) is 0 Å².